The van der Waals surface area contributed by atoms with Crippen molar-refractivity contribution < 1.29 is 0 Å². The summed E-state index contributed by atoms with van der Waals surface area (Å²) in [4.78, 5) is 15.3. The fourth-order valence-electron chi connectivity index (χ4n) is 7.26. The van der Waals surface area contributed by atoms with Crippen LogP contribution in [0.3, 0.4) is 0 Å². The summed E-state index contributed by atoms with van der Waals surface area (Å²) in [6, 6.07) is 58.3. The highest BCUT2D eigenvalue weighted by Crippen LogP contribution is 2.34. The van der Waals surface area contributed by atoms with Gasteiger partial charge in [0.15, 0.2) is 17.5 Å². The van der Waals surface area contributed by atoms with Gasteiger partial charge in [0, 0.05) is 16.7 Å². The highest BCUT2D eigenvalue weighted by atomic mass is 28.3. The van der Waals surface area contributed by atoms with Gasteiger partial charge in [-0.3, -0.25) is 0 Å². The number of rotatable bonds is 5. The maximum absolute atomic E-state index is 5.14. The van der Waals surface area contributed by atoms with E-state index in [0.29, 0.717) is 17.5 Å². The van der Waals surface area contributed by atoms with Gasteiger partial charge in [-0.2, -0.15) is 0 Å². The fourth-order valence-corrected chi connectivity index (χ4v) is 10.3. The van der Waals surface area contributed by atoms with E-state index in [9.17, 15) is 0 Å². The predicted molar refractivity (Wildman–Crippen MR) is 207 cm³/mol. The van der Waals surface area contributed by atoms with Crippen LogP contribution in [0.25, 0.3) is 78.3 Å². The molecule has 1 aliphatic heterocycles. The monoisotopic (exact) mass is 643 g/mol. The van der Waals surface area contributed by atoms with Crippen LogP contribution in [0.2, 0.25) is 13.1 Å². The topological polar surface area (TPSA) is 38.7 Å². The number of hydrogen-bond acceptors (Lipinski definition) is 3. The molecule has 7 aromatic carbocycles. The molecule has 232 valence electrons. The molecule has 8 aromatic rings. The third kappa shape index (κ3) is 5.18. The molecule has 0 unspecified atom stereocenters. The van der Waals surface area contributed by atoms with E-state index in [0.717, 1.165) is 27.6 Å². The van der Waals surface area contributed by atoms with Crippen molar-refractivity contribution >= 4 is 29.2 Å². The normalized spacial score (nSPS) is 12.9. The van der Waals surface area contributed by atoms with Gasteiger partial charge in [-0.25, -0.2) is 15.0 Å². The standard InChI is InChI=1S/C45H33N3Si/c1-49(2)41-16-10-9-15-39(41)40-29-38(25-26-42(40)49)45-47-43(33-19-17-32(18-20-33)30-11-5-3-6-12-30)46-44(48-45)37-24-23-35-27-34(21-22-36(35)28-37)31-13-7-4-8-14-31/h3-29H,1-2H3. The highest BCUT2D eigenvalue weighted by Gasteiger charge is 2.37. The minimum atomic E-state index is -1.77. The van der Waals surface area contributed by atoms with Crippen LogP contribution in [0.15, 0.2) is 164 Å². The number of benzene rings is 7. The van der Waals surface area contributed by atoms with Crippen LogP contribution in [-0.4, -0.2) is 23.0 Å². The van der Waals surface area contributed by atoms with Gasteiger partial charge in [0.1, 0.15) is 8.07 Å². The predicted octanol–water partition coefficient (Wildman–Crippen LogP) is 10.2. The van der Waals surface area contributed by atoms with Crippen molar-refractivity contribution in [1.29, 1.82) is 0 Å². The number of fused-ring (bicyclic) bond motifs is 4. The van der Waals surface area contributed by atoms with Crippen LogP contribution in [0, 0.1) is 0 Å². The Balaban J connectivity index is 1.17. The van der Waals surface area contributed by atoms with Crippen molar-refractivity contribution in [3.8, 4) is 67.5 Å². The molecule has 1 aliphatic rings. The van der Waals surface area contributed by atoms with Crippen molar-refractivity contribution in [1.82, 2.24) is 15.0 Å². The summed E-state index contributed by atoms with van der Waals surface area (Å²) in [6.07, 6.45) is 0. The molecule has 0 aliphatic carbocycles. The Kier molecular flexibility index (Phi) is 6.92. The third-order valence-corrected chi connectivity index (χ3v) is 13.5. The quantitative estimate of drug-likeness (QED) is 0.175. The van der Waals surface area contributed by atoms with E-state index in [1.807, 2.05) is 6.07 Å². The van der Waals surface area contributed by atoms with E-state index in [4.69, 9.17) is 15.0 Å². The molecule has 0 atom stereocenters. The molecule has 0 spiro atoms. The molecule has 3 nitrogen and oxygen atoms in total. The second-order valence-electron chi connectivity index (χ2n) is 13.3. The Labute approximate surface area is 287 Å². The largest absolute Gasteiger partial charge is 0.208 e. The number of hydrogen-bond donors (Lipinski definition) is 0. The molecular weight excluding hydrogens is 611 g/mol. The van der Waals surface area contributed by atoms with Gasteiger partial charge < -0.3 is 0 Å². The summed E-state index contributed by atoms with van der Waals surface area (Å²) in [5.74, 6) is 2.00. The smallest absolute Gasteiger partial charge is 0.164 e. The summed E-state index contributed by atoms with van der Waals surface area (Å²) in [5.41, 5.74) is 10.3. The van der Waals surface area contributed by atoms with E-state index < -0.39 is 8.07 Å². The van der Waals surface area contributed by atoms with Gasteiger partial charge in [0.05, 0.1) is 0 Å². The highest BCUT2D eigenvalue weighted by molar-refractivity contribution is 7.03. The van der Waals surface area contributed by atoms with Gasteiger partial charge in [0.2, 0.25) is 0 Å². The summed E-state index contributed by atoms with van der Waals surface area (Å²) in [7, 11) is -1.77. The second-order valence-corrected chi connectivity index (χ2v) is 17.7. The molecule has 4 heteroatoms. The lowest BCUT2D eigenvalue weighted by Crippen LogP contribution is -2.49. The molecule has 1 aromatic heterocycles. The van der Waals surface area contributed by atoms with E-state index >= 15 is 0 Å². The lowest BCUT2D eigenvalue weighted by molar-refractivity contribution is 1.07. The van der Waals surface area contributed by atoms with Gasteiger partial charge in [-0.15, -0.1) is 0 Å². The van der Waals surface area contributed by atoms with Crippen LogP contribution in [-0.2, 0) is 0 Å². The van der Waals surface area contributed by atoms with Crippen LogP contribution in [0.4, 0.5) is 0 Å². The molecule has 0 fully saturated rings. The molecule has 0 amide bonds. The van der Waals surface area contributed by atoms with Gasteiger partial charge >= 0.3 is 0 Å². The molecule has 2 heterocycles. The molecule has 0 saturated heterocycles. The Bertz CT molecular complexity index is 2510. The molecule has 9 rings (SSSR count). The number of nitrogens with zero attached hydrogens (tertiary/aromatic N) is 3. The first-order valence-electron chi connectivity index (χ1n) is 16.8. The summed E-state index contributed by atoms with van der Waals surface area (Å²) >= 11 is 0. The summed E-state index contributed by atoms with van der Waals surface area (Å²) < 4.78 is 0. The summed E-state index contributed by atoms with van der Waals surface area (Å²) in [5, 5.41) is 5.28. The zero-order valence-corrected chi connectivity index (χ0v) is 28.4. The minimum Gasteiger partial charge on any atom is -0.208 e. The van der Waals surface area contributed by atoms with Crippen molar-refractivity contribution in [3.63, 3.8) is 0 Å². The van der Waals surface area contributed by atoms with Crippen molar-refractivity contribution in [2.75, 3.05) is 0 Å². The lowest BCUT2D eigenvalue weighted by atomic mass is 10.00. The Morgan fingerprint density at radius 3 is 1.43 bits per heavy atom. The van der Waals surface area contributed by atoms with E-state index in [-0.39, 0.29) is 0 Å². The van der Waals surface area contributed by atoms with Gasteiger partial charge in [-0.05, 0) is 72.7 Å². The number of aromatic nitrogens is 3. The average molecular weight is 644 g/mol. The average Bonchev–Trinajstić information content (AvgIpc) is 3.40. The molecule has 0 saturated carbocycles. The first-order valence-corrected chi connectivity index (χ1v) is 19.8. The van der Waals surface area contributed by atoms with E-state index in [1.165, 1.54) is 43.6 Å². The Hall–Kier alpha value is -5.97. The molecular formula is C45H33N3Si. The first kappa shape index (κ1) is 29.2. The molecule has 0 N–H and O–H groups in total. The lowest BCUT2D eigenvalue weighted by Gasteiger charge is -2.18. The zero-order chi connectivity index (χ0) is 33.0. The van der Waals surface area contributed by atoms with E-state index in [2.05, 4.69) is 171 Å². The van der Waals surface area contributed by atoms with Crippen LogP contribution in [0.1, 0.15) is 0 Å². The van der Waals surface area contributed by atoms with Crippen LogP contribution < -0.4 is 10.4 Å². The van der Waals surface area contributed by atoms with Crippen molar-refractivity contribution in [2.24, 2.45) is 0 Å². The van der Waals surface area contributed by atoms with Crippen LogP contribution in [0.5, 0.6) is 0 Å². The molecule has 0 bridgehead atoms. The molecule has 0 radical (unpaired) electrons. The Morgan fingerprint density at radius 2 is 0.755 bits per heavy atom. The van der Waals surface area contributed by atoms with Gasteiger partial charge in [-0.1, -0.05) is 159 Å². The SMILES string of the molecule is C[Si]1(C)c2ccccc2-c2cc(-c3nc(-c4ccc(-c5ccccc5)cc4)nc(-c4ccc5cc(-c6ccccc6)ccc5c4)n3)ccc21. The zero-order valence-electron chi connectivity index (χ0n) is 27.4. The van der Waals surface area contributed by atoms with Crippen LogP contribution >= 0.6 is 0 Å². The van der Waals surface area contributed by atoms with E-state index in [1.54, 1.807) is 0 Å². The second kappa shape index (κ2) is 11.6. The van der Waals surface area contributed by atoms with Crippen molar-refractivity contribution in [2.45, 2.75) is 13.1 Å². The third-order valence-electron chi connectivity index (χ3n) is 9.93. The maximum atomic E-state index is 5.14. The summed E-state index contributed by atoms with van der Waals surface area (Å²) in [6.45, 7) is 4.89. The van der Waals surface area contributed by atoms with Gasteiger partial charge in [0.25, 0.3) is 0 Å². The maximum Gasteiger partial charge on any atom is 0.164 e. The first-order chi connectivity index (χ1) is 24.0. The van der Waals surface area contributed by atoms with Crippen molar-refractivity contribution in [3.05, 3.63) is 164 Å². The Morgan fingerprint density at radius 1 is 0.327 bits per heavy atom. The fraction of sp³-hybridized carbons (Fsp3) is 0.0444. The molecule has 49 heavy (non-hydrogen) atoms. The minimum absolute atomic E-state index is 0.662.